The number of hydrogen-bond acceptors (Lipinski definition) is 1. The van der Waals surface area contributed by atoms with Gasteiger partial charge in [0.1, 0.15) is 11.5 Å². The second-order valence-electron chi connectivity index (χ2n) is 13.3. The first-order valence-corrected chi connectivity index (χ1v) is 16.9. The largest absolute Gasteiger partial charge is 0.456 e. The summed E-state index contributed by atoms with van der Waals surface area (Å²) in [5, 5.41) is 12.7. The van der Waals surface area contributed by atoms with Crippen LogP contribution >= 0.6 is 0 Å². The van der Waals surface area contributed by atoms with E-state index < -0.39 is 0 Å². The molecular formula is C48H28O. The molecule has 0 radical (unpaired) electrons. The number of rotatable bonds is 3. The standard InChI is InChI=1S/C48H28O/c1-2-7-33-26-34(17-14-29(33)6-1)35-20-24-44-43(28-35)41-13-5-12-40-39(23-25-45(49-44)48(40)41)37-11-4-10-36(27-37)38-21-18-32-16-15-30-8-3-9-31-19-22-42(38)47(32)46(30)31/h1-28H. The Balaban J connectivity index is 1.05. The summed E-state index contributed by atoms with van der Waals surface area (Å²) < 4.78 is 6.60. The first-order chi connectivity index (χ1) is 24.3. The van der Waals surface area contributed by atoms with Gasteiger partial charge in [0, 0.05) is 10.9 Å². The molecule has 0 unspecified atom stereocenters. The number of hydrogen-bond donors (Lipinski definition) is 0. The van der Waals surface area contributed by atoms with Crippen LogP contribution in [0.15, 0.2) is 170 Å². The van der Waals surface area contributed by atoms with E-state index in [0.717, 1.165) is 22.4 Å². The second-order valence-corrected chi connectivity index (χ2v) is 13.3. The maximum atomic E-state index is 6.60. The summed E-state index contributed by atoms with van der Waals surface area (Å²) >= 11 is 0. The van der Waals surface area contributed by atoms with Gasteiger partial charge in [-0.1, -0.05) is 140 Å². The van der Waals surface area contributed by atoms with E-state index in [1.807, 2.05) is 0 Å². The van der Waals surface area contributed by atoms with Crippen molar-refractivity contribution in [2.24, 2.45) is 0 Å². The highest BCUT2D eigenvalue weighted by molar-refractivity contribution is 6.25. The van der Waals surface area contributed by atoms with Crippen LogP contribution in [0.4, 0.5) is 0 Å². The van der Waals surface area contributed by atoms with E-state index in [-0.39, 0.29) is 0 Å². The van der Waals surface area contributed by atoms with Crippen LogP contribution in [0.2, 0.25) is 0 Å². The van der Waals surface area contributed by atoms with Crippen molar-refractivity contribution in [3.63, 3.8) is 0 Å². The smallest absolute Gasteiger partial charge is 0.135 e. The van der Waals surface area contributed by atoms with Gasteiger partial charge in [0.15, 0.2) is 0 Å². The Morgan fingerprint density at radius 3 is 1.71 bits per heavy atom. The normalized spacial score (nSPS) is 12.2. The van der Waals surface area contributed by atoms with Crippen molar-refractivity contribution in [3.8, 4) is 56.0 Å². The summed E-state index contributed by atoms with van der Waals surface area (Å²) in [5.74, 6) is 1.80. The number of ether oxygens (including phenoxy) is 1. The van der Waals surface area contributed by atoms with E-state index >= 15 is 0 Å². The van der Waals surface area contributed by atoms with Crippen LogP contribution in [0.1, 0.15) is 0 Å². The SMILES string of the molecule is c1cc(-c2ccc3c4c(cccc24)-c2cc(-c4ccc5ccccc5c4)ccc2O3)cc(-c2ccc3ccc4cccc5ccc2c3c45)c1. The molecule has 0 bridgehead atoms. The monoisotopic (exact) mass is 620 g/mol. The molecule has 0 spiro atoms. The van der Waals surface area contributed by atoms with Gasteiger partial charge in [0.25, 0.3) is 0 Å². The highest BCUT2D eigenvalue weighted by atomic mass is 16.5. The lowest BCUT2D eigenvalue weighted by Gasteiger charge is -2.23. The Kier molecular flexibility index (Phi) is 5.45. The Labute approximate surface area is 283 Å². The first-order valence-electron chi connectivity index (χ1n) is 16.9. The Morgan fingerprint density at radius 1 is 0.265 bits per heavy atom. The van der Waals surface area contributed by atoms with Crippen LogP contribution < -0.4 is 4.74 Å². The second kappa shape index (κ2) is 10.0. The Morgan fingerprint density at radius 2 is 0.857 bits per heavy atom. The fourth-order valence-corrected chi connectivity index (χ4v) is 8.27. The Bertz CT molecular complexity index is 2950. The van der Waals surface area contributed by atoms with E-state index in [0.29, 0.717) is 0 Å². The molecule has 1 nitrogen and oxygen atoms in total. The summed E-state index contributed by atoms with van der Waals surface area (Å²) in [6, 6.07) is 62.1. The minimum absolute atomic E-state index is 0.897. The molecule has 1 heterocycles. The quantitative estimate of drug-likeness (QED) is 0.179. The van der Waals surface area contributed by atoms with E-state index in [4.69, 9.17) is 4.74 Å². The first kappa shape index (κ1) is 26.6. The van der Waals surface area contributed by atoms with Gasteiger partial charge >= 0.3 is 0 Å². The van der Waals surface area contributed by atoms with Gasteiger partial charge in [0.2, 0.25) is 0 Å². The maximum absolute atomic E-state index is 6.60. The van der Waals surface area contributed by atoms with E-state index in [2.05, 4.69) is 170 Å². The predicted octanol–water partition coefficient (Wildman–Crippen LogP) is 13.7. The number of fused-ring (bicyclic) bond motifs is 3. The lowest BCUT2D eigenvalue weighted by Crippen LogP contribution is -1.98. The molecule has 226 valence electrons. The van der Waals surface area contributed by atoms with E-state index in [9.17, 15) is 0 Å². The summed E-state index contributed by atoms with van der Waals surface area (Å²) in [5.41, 5.74) is 9.61. The average Bonchev–Trinajstić information content (AvgIpc) is 3.17. The highest BCUT2D eigenvalue weighted by Gasteiger charge is 2.22. The summed E-state index contributed by atoms with van der Waals surface area (Å²) in [6.07, 6.45) is 0. The fourth-order valence-electron chi connectivity index (χ4n) is 8.27. The van der Waals surface area contributed by atoms with Gasteiger partial charge in [-0.2, -0.15) is 0 Å². The molecule has 0 atom stereocenters. The van der Waals surface area contributed by atoms with Crippen molar-refractivity contribution in [1.82, 2.24) is 0 Å². The van der Waals surface area contributed by atoms with Crippen LogP contribution in [0, 0.1) is 0 Å². The molecule has 10 aromatic carbocycles. The zero-order chi connectivity index (χ0) is 32.1. The average molecular weight is 621 g/mol. The molecule has 1 aliphatic rings. The van der Waals surface area contributed by atoms with Crippen LogP contribution in [-0.4, -0.2) is 0 Å². The topological polar surface area (TPSA) is 9.23 Å². The van der Waals surface area contributed by atoms with Gasteiger partial charge in [0.05, 0.1) is 0 Å². The molecule has 10 aromatic rings. The molecule has 11 rings (SSSR count). The van der Waals surface area contributed by atoms with E-state index in [1.54, 1.807) is 0 Å². The van der Waals surface area contributed by atoms with Crippen molar-refractivity contribution in [2.75, 3.05) is 0 Å². The van der Waals surface area contributed by atoms with Gasteiger partial charge in [-0.15, -0.1) is 0 Å². The molecule has 1 heteroatoms. The molecule has 0 aromatic heterocycles. The van der Waals surface area contributed by atoms with E-state index in [1.165, 1.54) is 87.4 Å². The summed E-state index contributed by atoms with van der Waals surface area (Å²) in [4.78, 5) is 0. The fraction of sp³-hybridized carbons (Fsp3) is 0. The van der Waals surface area contributed by atoms with Crippen LogP contribution in [0.5, 0.6) is 11.5 Å². The van der Waals surface area contributed by atoms with Crippen molar-refractivity contribution in [1.29, 1.82) is 0 Å². The van der Waals surface area contributed by atoms with Crippen molar-refractivity contribution in [2.45, 2.75) is 0 Å². The van der Waals surface area contributed by atoms with Gasteiger partial charge in [-0.25, -0.2) is 0 Å². The van der Waals surface area contributed by atoms with Crippen LogP contribution in [-0.2, 0) is 0 Å². The third-order valence-corrected chi connectivity index (χ3v) is 10.6. The van der Waals surface area contributed by atoms with Gasteiger partial charge in [-0.3, -0.25) is 0 Å². The lowest BCUT2D eigenvalue weighted by atomic mass is 9.87. The lowest BCUT2D eigenvalue weighted by molar-refractivity contribution is 0.487. The van der Waals surface area contributed by atoms with Crippen molar-refractivity contribution in [3.05, 3.63) is 170 Å². The summed E-state index contributed by atoms with van der Waals surface area (Å²) in [7, 11) is 0. The number of benzene rings is 10. The third kappa shape index (κ3) is 3.94. The minimum Gasteiger partial charge on any atom is -0.456 e. The van der Waals surface area contributed by atoms with Crippen molar-refractivity contribution >= 4 is 53.9 Å². The molecule has 0 aliphatic carbocycles. The Hall–Kier alpha value is -6.44. The highest BCUT2D eigenvalue weighted by Crippen LogP contribution is 2.50. The molecule has 1 aliphatic heterocycles. The summed E-state index contributed by atoms with van der Waals surface area (Å²) in [6.45, 7) is 0. The molecule has 0 fully saturated rings. The zero-order valence-corrected chi connectivity index (χ0v) is 26.6. The molecule has 0 saturated heterocycles. The molecular weight excluding hydrogens is 593 g/mol. The molecule has 0 saturated carbocycles. The predicted molar refractivity (Wildman–Crippen MR) is 207 cm³/mol. The minimum atomic E-state index is 0.897. The molecule has 49 heavy (non-hydrogen) atoms. The maximum Gasteiger partial charge on any atom is 0.135 e. The zero-order valence-electron chi connectivity index (χ0n) is 26.6. The van der Waals surface area contributed by atoms with Crippen LogP contribution in [0.3, 0.4) is 0 Å². The molecule has 0 amide bonds. The molecule has 0 N–H and O–H groups in total. The van der Waals surface area contributed by atoms with Crippen LogP contribution in [0.25, 0.3) is 98.4 Å². The van der Waals surface area contributed by atoms with Gasteiger partial charge in [-0.05, 0) is 118 Å². The van der Waals surface area contributed by atoms with Gasteiger partial charge < -0.3 is 4.74 Å². The third-order valence-electron chi connectivity index (χ3n) is 10.6. The van der Waals surface area contributed by atoms with Crippen molar-refractivity contribution < 1.29 is 4.74 Å².